The average molecular weight is 746 g/mol. The SMILES string of the molecule is O=[N+]([O-])c1ccc(OCCOCCOCCOCCOCCOCCOCCOCCOCCOCCCCCCI)cc1. The van der Waals surface area contributed by atoms with Gasteiger partial charge in [-0.05, 0) is 29.4 Å². The minimum Gasteiger partial charge on any atom is -0.491 e. The summed E-state index contributed by atoms with van der Waals surface area (Å²) in [7, 11) is 0. The standard InChI is InChI=1S/C30H52INO12/c31-9-3-1-2-4-10-35-11-12-36-13-14-37-15-16-38-17-18-39-19-20-40-21-22-41-23-24-42-25-26-43-27-28-44-30-7-5-29(6-8-30)32(33)34/h5-8H,1-4,9-28H2. The molecule has 1 aromatic rings. The molecular formula is C30H52INO12. The topological polar surface area (TPSA) is 135 Å². The third-order valence-electron chi connectivity index (χ3n) is 5.69. The van der Waals surface area contributed by atoms with Gasteiger partial charge in [0.1, 0.15) is 12.4 Å². The molecule has 0 fully saturated rings. The predicted octanol–water partition coefficient (Wildman–Crippen LogP) is 4.12. The smallest absolute Gasteiger partial charge is 0.269 e. The average Bonchev–Trinajstić information content (AvgIpc) is 3.03. The molecule has 256 valence electrons. The summed E-state index contributed by atoms with van der Waals surface area (Å²) in [6, 6.07) is 5.92. The summed E-state index contributed by atoms with van der Waals surface area (Å²) in [6.45, 7) is 9.80. The number of nitrogens with zero attached hydrogens (tertiary/aromatic N) is 1. The van der Waals surface area contributed by atoms with E-state index < -0.39 is 4.92 Å². The van der Waals surface area contributed by atoms with Crippen molar-refractivity contribution >= 4 is 28.3 Å². The van der Waals surface area contributed by atoms with E-state index in [4.69, 9.17) is 47.4 Å². The zero-order valence-electron chi connectivity index (χ0n) is 26.0. The van der Waals surface area contributed by atoms with Crippen LogP contribution < -0.4 is 4.74 Å². The molecule has 0 unspecified atom stereocenters. The van der Waals surface area contributed by atoms with Gasteiger partial charge in [-0.25, -0.2) is 0 Å². The number of ether oxygens (including phenoxy) is 10. The van der Waals surface area contributed by atoms with Gasteiger partial charge < -0.3 is 47.4 Å². The molecule has 0 amide bonds. The van der Waals surface area contributed by atoms with Crippen LogP contribution in [0.25, 0.3) is 0 Å². The van der Waals surface area contributed by atoms with Crippen LogP contribution in [-0.4, -0.2) is 135 Å². The molecule has 1 aromatic carbocycles. The van der Waals surface area contributed by atoms with Crippen molar-refractivity contribution in [3.63, 3.8) is 0 Å². The van der Waals surface area contributed by atoms with Crippen molar-refractivity contribution in [2.24, 2.45) is 0 Å². The van der Waals surface area contributed by atoms with Crippen LogP contribution in [0.15, 0.2) is 24.3 Å². The molecule has 0 aliphatic rings. The van der Waals surface area contributed by atoms with Gasteiger partial charge in [-0.3, -0.25) is 10.1 Å². The van der Waals surface area contributed by atoms with E-state index in [0.717, 1.165) is 13.0 Å². The highest BCUT2D eigenvalue weighted by molar-refractivity contribution is 14.1. The van der Waals surface area contributed by atoms with Crippen molar-refractivity contribution in [1.82, 2.24) is 0 Å². The van der Waals surface area contributed by atoms with Gasteiger partial charge in [0, 0.05) is 18.7 Å². The van der Waals surface area contributed by atoms with E-state index in [9.17, 15) is 10.1 Å². The van der Waals surface area contributed by atoms with Gasteiger partial charge in [0.25, 0.3) is 5.69 Å². The largest absolute Gasteiger partial charge is 0.491 e. The summed E-state index contributed by atoms with van der Waals surface area (Å²) in [6.07, 6.45) is 4.96. The summed E-state index contributed by atoms with van der Waals surface area (Å²) in [4.78, 5) is 10.2. The quantitative estimate of drug-likeness (QED) is 0.0325. The van der Waals surface area contributed by atoms with E-state index in [1.807, 2.05) is 0 Å². The molecule has 13 nitrogen and oxygen atoms in total. The first-order chi connectivity index (χ1) is 21.7. The van der Waals surface area contributed by atoms with Crippen LogP contribution in [0.4, 0.5) is 5.69 Å². The Morgan fingerprint density at radius 1 is 0.455 bits per heavy atom. The highest BCUT2D eigenvalue weighted by Crippen LogP contribution is 2.17. The fourth-order valence-electron chi connectivity index (χ4n) is 3.40. The number of benzene rings is 1. The molecule has 0 atom stereocenters. The van der Waals surface area contributed by atoms with E-state index in [-0.39, 0.29) is 5.69 Å². The number of hydrogen-bond acceptors (Lipinski definition) is 12. The van der Waals surface area contributed by atoms with Crippen LogP contribution in [0.2, 0.25) is 0 Å². The Kier molecular flexibility index (Phi) is 30.8. The fourth-order valence-corrected chi connectivity index (χ4v) is 3.94. The second-order valence-electron chi connectivity index (χ2n) is 9.21. The van der Waals surface area contributed by atoms with Crippen LogP contribution in [0.5, 0.6) is 5.75 Å². The molecular weight excluding hydrogens is 693 g/mol. The Morgan fingerprint density at radius 2 is 0.773 bits per heavy atom. The maximum atomic E-state index is 10.6. The Morgan fingerprint density at radius 3 is 1.11 bits per heavy atom. The molecule has 0 radical (unpaired) electrons. The lowest BCUT2D eigenvalue weighted by atomic mass is 10.2. The van der Waals surface area contributed by atoms with Crippen LogP contribution in [0, 0.1) is 10.1 Å². The van der Waals surface area contributed by atoms with E-state index >= 15 is 0 Å². The van der Waals surface area contributed by atoms with Crippen molar-refractivity contribution in [1.29, 1.82) is 0 Å². The fraction of sp³-hybridized carbons (Fsp3) is 0.800. The normalized spacial score (nSPS) is 11.3. The van der Waals surface area contributed by atoms with Gasteiger partial charge in [0.05, 0.1) is 117 Å². The summed E-state index contributed by atoms with van der Waals surface area (Å²) < 4.78 is 56.0. The second kappa shape index (κ2) is 33.2. The van der Waals surface area contributed by atoms with E-state index in [1.54, 1.807) is 12.1 Å². The van der Waals surface area contributed by atoms with E-state index in [0.29, 0.717) is 125 Å². The number of non-ortho nitro benzene ring substituents is 1. The Bertz CT molecular complexity index is 747. The molecule has 0 aliphatic carbocycles. The van der Waals surface area contributed by atoms with Crippen molar-refractivity contribution < 1.29 is 52.3 Å². The highest BCUT2D eigenvalue weighted by Gasteiger charge is 2.04. The maximum Gasteiger partial charge on any atom is 0.269 e. The number of alkyl halides is 1. The zero-order chi connectivity index (χ0) is 31.6. The van der Waals surface area contributed by atoms with Crippen LogP contribution >= 0.6 is 22.6 Å². The second-order valence-corrected chi connectivity index (χ2v) is 10.3. The van der Waals surface area contributed by atoms with Crippen molar-refractivity contribution in [2.75, 3.05) is 130 Å². The molecule has 0 aliphatic heterocycles. The maximum absolute atomic E-state index is 10.6. The first kappa shape index (κ1) is 40.8. The number of hydrogen-bond donors (Lipinski definition) is 0. The molecule has 0 spiro atoms. The number of nitro benzene ring substituents is 1. The minimum absolute atomic E-state index is 0.0287. The minimum atomic E-state index is -0.449. The van der Waals surface area contributed by atoms with Gasteiger partial charge in [-0.1, -0.05) is 35.4 Å². The van der Waals surface area contributed by atoms with Gasteiger partial charge in [0.2, 0.25) is 0 Å². The summed E-state index contributed by atoms with van der Waals surface area (Å²) in [5.74, 6) is 0.560. The molecule has 1 rings (SSSR count). The lowest BCUT2D eigenvalue weighted by Crippen LogP contribution is -2.15. The molecule has 0 heterocycles. The lowest BCUT2D eigenvalue weighted by molar-refractivity contribution is -0.384. The van der Waals surface area contributed by atoms with E-state index in [1.165, 1.54) is 35.8 Å². The zero-order valence-corrected chi connectivity index (χ0v) is 28.2. The molecule has 0 bridgehead atoms. The van der Waals surface area contributed by atoms with Crippen LogP contribution in [-0.2, 0) is 42.6 Å². The van der Waals surface area contributed by atoms with Crippen molar-refractivity contribution in [2.45, 2.75) is 25.7 Å². The lowest BCUT2D eigenvalue weighted by Gasteiger charge is -2.09. The number of nitro groups is 1. The molecule has 0 N–H and O–H groups in total. The van der Waals surface area contributed by atoms with Crippen molar-refractivity contribution in [3.8, 4) is 5.75 Å². The number of unbranched alkanes of at least 4 members (excludes halogenated alkanes) is 3. The monoisotopic (exact) mass is 745 g/mol. The Labute approximate surface area is 275 Å². The molecule has 0 aromatic heterocycles. The first-order valence-corrected chi connectivity index (χ1v) is 16.9. The van der Waals surface area contributed by atoms with Crippen LogP contribution in [0.1, 0.15) is 25.7 Å². The van der Waals surface area contributed by atoms with Crippen molar-refractivity contribution in [3.05, 3.63) is 34.4 Å². The Balaban J connectivity index is 1.65. The summed E-state index contributed by atoms with van der Waals surface area (Å²) in [5.41, 5.74) is 0.0287. The van der Waals surface area contributed by atoms with Gasteiger partial charge in [-0.15, -0.1) is 0 Å². The Hall–Kier alpha value is -1.21. The van der Waals surface area contributed by atoms with Crippen LogP contribution in [0.3, 0.4) is 0 Å². The third kappa shape index (κ3) is 28.3. The summed E-state index contributed by atoms with van der Waals surface area (Å²) in [5, 5.41) is 10.6. The predicted molar refractivity (Wildman–Crippen MR) is 173 cm³/mol. The van der Waals surface area contributed by atoms with Gasteiger partial charge in [-0.2, -0.15) is 0 Å². The molecule has 0 saturated carbocycles. The number of rotatable bonds is 35. The van der Waals surface area contributed by atoms with E-state index in [2.05, 4.69) is 22.6 Å². The first-order valence-electron chi connectivity index (χ1n) is 15.4. The highest BCUT2D eigenvalue weighted by atomic mass is 127. The van der Waals surface area contributed by atoms with Gasteiger partial charge >= 0.3 is 0 Å². The third-order valence-corrected chi connectivity index (χ3v) is 6.46. The molecule has 44 heavy (non-hydrogen) atoms. The van der Waals surface area contributed by atoms with Gasteiger partial charge in [0.15, 0.2) is 0 Å². The molecule has 0 saturated heterocycles. The number of halogens is 1. The molecule has 14 heteroatoms. The summed E-state index contributed by atoms with van der Waals surface area (Å²) >= 11 is 2.42.